The first-order valence-electron chi connectivity index (χ1n) is 11.4. The lowest BCUT2D eigenvalue weighted by Crippen LogP contribution is -2.31. The van der Waals surface area contributed by atoms with Crippen molar-refractivity contribution < 1.29 is 9.53 Å². The Morgan fingerprint density at radius 1 is 1.03 bits per heavy atom. The highest BCUT2D eigenvalue weighted by atomic mass is 16.6. The zero-order valence-electron chi connectivity index (χ0n) is 19.2. The Kier molecular flexibility index (Phi) is 6.41. The maximum atomic E-state index is 12.8. The second-order valence-electron chi connectivity index (χ2n) is 10.6. The molecule has 1 fully saturated rings. The molecule has 1 aliphatic carbocycles. The third-order valence-electron chi connectivity index (χ3n) is 6.63. The van der Waals surface area contributed by atoms with Crippen molar-refractivity contribution in [3.63, 3.8) is 0 Å². The molecule has 2 heteroatoms. The van der Waals surface area contributed by atoms with Crippen molar-refractivity contribution in [1.29, 1.82) is 0 Å². The molecule has 1 atom stereocenters. The molecule has 2 aromatic carbocycles. The van der Waals surface area contributed by atoms with Gasteiger partial charge in [-0.25, -0.2) is 4.79 Å². The monoisotopic (exact) mass is 394 g/mol. The SMILES string of the molecule is CCC1(OC(=O)c2ccc3cc(C(CC(C)(C)C)C(C)C)ccc3c2)CCCC1. The van der Waals surface area contributed by atoms with Crippen molar-refractivity contribution >= 4 is 16.7 Å². The van der Waals surface area contributed by atoms with Crippen LogP contribution in [0.15, 0.2) is 36.4 Å². The number of hydrogen-bond donors (Lipinski definition) is 0. The molecule has 0 aliphatic heterocycles. The van der Waals surface area contributed by atoms with Gasteiger partial charge in [-0.05, 0) is 84.2 Å². The lowest BCUT2D eigenvalue weighted by Gasteiger charge is -2.29. The molecule has 0 radical (unpaired) electrons. The van der Waals surface area contributed by atoms with Gasteiger partial charge < -0.3 is 4.74 Å². The number of rotatable bonds is 6. The molecule has 1 unspecified atom stereocenters. The topological polar surface area (TPSA) is 26.3 Å². The molecule has 0 heterocycles. The Labute approximate surface area is 177 Å². The second kappa shape index (κ2) is 8.50. The van der Waals surface area contributed by atoms with E-state index in [-0.39, 0.29) is 11.6 Å². The van der Waals surface area contributed by atoms with Gasteiger partial charge in [-0.2, -0.15) is 0 Å². The van der Waals surface area contributed by atoms with Crippen LogP contribution in [0.5, 0.6) is 0 Å². The first-order chi connectivity index (χ1) is 13.6. The molecule has 2 nitrogen and oxygen atoms in total. The minimum atomic E-state index is -0.243. The van der Waals surface area contributed by atoms with Gasteiger partial charge in [0.1, 0.15) is 5.60 Å². The van der Waals surface area contributed by atoms with Gasteiger partial charge in [-0.3, -0.25) is 0 Å². The summed E-state index contributed by atoms with van der Waals surface area (Å²) in [5, 5.41) is 2.31. The van der Waals surface area contributed by atoms with E-state index in [9.17, 15) is 4.79 Å². The van der Waals surface area contributed by atoms with Crippen molar-refractivity contribution in [2.45, 2.75) is 91.6 Å². The van der Waals surface area contributed by atoms with E-state index in [2.05, 4.69) is 65.8 Å². The molecule has 0 saturated heterocycles. The van der Waals surface area contributed by atoms with E-state index < -0.39 is 0 Å². The molecule has 0 N–H and O–H groups in total. The number of carbonyl (C=O) groups excluding carboxylic acids is 1. The van der Waals surface area contributed by atoms with E-state index in [0.717, 1.165) is 37.5 Å². The van der Waals surface area contributed by atoms with Gasteiger partial charge in [0, 0.05) is 0 Å². The zero-order valence-corrected chi connectivity index (χ0v) is 19.2. The van der Waals surface area contributed by atoms with Crippen LogP contribution < -0.4 is 0 Å². The summed E-state index contributed by atoms with van der Waals surface area (Å²) in [6.45, 7) is 13.7. The Balaban J connectivity index is 1.84. The average Bonchev–Trinajstić information content (AvgIpc) is 3.13. The third kappa shape index (κ3) is 5.21. The van der Waals surface area contributed by atoms with Crippen LogP contribution in [-0.4, -0.2) is 11.6 Å². The molecule has 0 bridgehead atoms. The largest absolute Gasteiger partial charge is 0.455 e. The molecule has 0 spiro atoms. The van der Waals surface area contributed by atoms with Crippen molar-refractivity contribution in [3.05, 3.63) is 47.5 Å². The summed E-state index contributed by atoms with van der Waals surface area (Å²) in [4.78, 5) is 12.8. The van der Waals surface area contributed by atoms with Gasteiger partial charge in [0.15, 0.2) is 0 Å². The fourth-order valence-electron chi connectivity index (χ4n) is 4.82. The van der Waals surface area contributed by atoms with Crippen LogP contribution in [0.2, 0.25) is 0 Å². The Bertz CT molecular complexity index is 850. The summed E-state index contributed by atoms with van der Waals surface area (Å²) in [6, 6.07) is 12.7. The first kappa shape index (κ1) is 21.9. The molecule has 1 aliphatic rings. The quantitative estimate of drug-likeness (QED) is 0.465. The smallest absolute Gasteiger partial charge is 0.338 e. The van der Waals surface area contributed by atoms with Crippen LogP contribution in [-0.2, 0) is 4.74 Å². The summed E-state index contributed by atoms with van der Waals surface area (Å²) in [5.74, 6) is 0.959. The maximum absolute atomic E-state index is 12.8. The summed E-state index contributed by atoms with van der Waals surface area (Å²) >= 11 is 0. The number of hydrogen-bond acceptors (Lipinski definition) is 2. The summed E-state index contributed by atoms with van der Waals surface area (Å²) < 4.78 is 5.99. The van der Waals surface area contributed by atoms with Crippen molar-refractivity contribution in [1.82, 2.24) is 0 Å². The lowest BCUT2D eigenvalue weighted by molar-refractivity contribution is -0.0172. The Morgan fingerprint density at radius 2 is 1.66 bits per heavy atom. The standard InChI is InChI=1S/C27H38O2/c1-7-27(14-8-9-15-27)29-25(28)23-13-11-20-16-22(12-10-21(20)17-23)24(19(2)3)18-26(4,5)6/h10-13,16-17,19,24H,7-9,14-15,18H2,1-6H3. The molecular formula is C27H38O2. The maximum Gasteiger partial charge on any atom is 0.338 e. The fourth-order valence-corrected chi connectivity index (χ4v) is 4.82. The number of esters is 1. The normalized spacial score (nSPS) is 17.6. The molecule has 1 saturated carbocycles. The highest BCUT2D eigenvalue weighted by molar-refractivity contribution is 5.95. The van der Waals surface area contributed by atoms with Gasteiger partial charge in [-0.1, -0.05) is 65.8 Å². The van der Waals surface area contributed by atoms with Gasteiger partial charge in [0.2, 0.25) is 0 Å². The average molecular weight is 395 g/mol. The first-order valence-corrected chi connectivity index (χ1v) is 11.4. The predicted molar refractivity (Wildman–Crippen MR) is 123 cm³/mol. The van der Waals surface area contributed by atoms with E-state index in [1.165, 1.54) is 17.4 Å². The van der Waals surface area contributed by atoms with Crippen LogP contribution in [0.3, 0.4) is 0 Å². The summed E-state index contributed by atoms with van der Waals surface area (Å²) in [7, 11) is 0. The predicted octanol–water partition coefficient (Wildman–Crippen LogP) is 7.90. The van der Waals surface area contributed by atoms with Gasteiger partial charge in [0.05, 0.1) is 5.56 Å². The minimum absolute atomic E-state index is 0.174. The van der Waals surface area contributed by atoms with Crippen LogP contribution in [0.4, 0.5) is 0 Å². The molecule has 3 rings (SSSR count). The van der Waals surface area contributed by atoms with Crippen molar-refractivity contribution in [2.75, 3.05) is 0 Å². The van der Waals surface area contributed by atoms with Crippen LogP contribution in [0.1, 0.15) is 102 Å². The molecule has 0 aromatic heterocycles. The lowest BCUT2D eigenvalue weighted by atomic mass is 9.76. The molecule has 2 aromatic rings. The van der Waals surface area contributed by atoms with E-state index in [1.54, 1.807) is 0 Å². The van der Waals surface area contributed by atoms with Crippen molar-refractivity contribution in [2.24, 2.45) is 11.3 Å². The molecule has 0 amide bonds. The van der Waals surface area contributed by atoms with E-state index >= 15 is 0 Å². The van der Waals surface area contributed by atoms with E-state index in [4.69, 9.17) is 4.74 Å². The number of fused-ring (bicyclic) bond motifs is 1. The van der Waals surface area contributed by atoms with Gasteiger partial charge in [-0.15, -0.1) is 0 Å². The highest BCUT2D eigenvalue weighted by Gasteiger charge is 2.36. The second-order valence-corrected chi connectivity index (χ2v) is 10.6. The number of carbonyl (C=O) groups is 1. The minimum Gasteiger partial charge on any atom is -0.455 e. The van der Waals surface area contributed by atoms with Crippen LogP contribution >= 0.6 is 0 Å². The molecule has 29 heavy (non-hydrogen) atoms. The molecular weight excluding hydrogens is 356 g/mol. The Hall–Kier alpha value is -1.83. The Morgan fingerprint density at radius 3 is 2.24 bits per heavy atom. The van der Waals surface area contributed by atoms with E-state index in [0.29, 0.717) is 22.8 Å². The number of benzene rings is 2. The van der Waals surface area contributed by atoms with Gasteiger partial charge in [0.25, 0.3) is 0 Å². The van der Waals surface area contributed by atoms with Crippen molar-refractivity contribution in [3.8, 4) is 0 Å². The molecule has 158 valence electrons. The fraction of sp³-hybridized carbons (Fsp3) is 0.593. The third-order valence-corrected chi connectivity index (χ3v) is 6.63. The van der Waals surface area contributed by atoms with Crippen LogP contribution in [0, 0.1) is 11.3 Å². The summed E-state index contributed by atoms with van der Waals surface area (Å²) in [6.07, 6.45) is 6.38. The van der Waals surface area contributed by atoms with Gasteiger partial charge >= 0.3 is 5.97 Å². The summed E-state index contributed by atoms with van der Waals surface area (Å²) in [5.41, 5.74) is 2.12. The zero-order chi connectivity index (χ0) is 21.2. The number of ether oxygens (including phenoxy) is 1. The van der Waals surface area contributed by atoms with Crippen LogP contribution in [0.25, 0.3) is 10.8 Å². The highest BCUT2D eigenvalue weighted by Crippen LogP contribution is 2.38. The van der Waals surface area contributed by atoms with E-state index in [1.807, 2.05) is 12.1 Å².